The molecule has 1 aromatic heterocycles. The van der Waals surface area contributed by atoms with Crippen molar-refractivity contribution in [3.05, 3.63) is 58.1 Å². The average Bonchev–Trinajstić information content (AvgIpc) is 2.96. The Labute approximate surface area is 138 Å². The van der Waals surface area contributed by atoms with E-state index < -0.39 is 5.97 Å². The van der Waals surface area contributed by atoms with E-state index in [2.05, 4.69) is 10.3 Å². The molecule has 23 heavy (non-hydrogen) atoms. The van der Waals surface area contributed by atoms with Crippen LogP contribution in [0.4, 0.5) is 6.01 Å². The summed E-state index contributed by atoms with van der Waals surface area (Å²) < 4.78 is 10.4. The maximum Gasteiger partial charge on any atom is 0.337 e. The van der Waals surface area contributed by atoms with Crippen molar-refractivity contribution < 1.29 is 13.9 Å². The lowest BCUT2D eigenvalue weighted by atomic mass is 10.1. The number of nitrogens with zero attached hydrogens (tertiary/aromatic N) is 1. The van der Waals surface area contributed by atoms with Crippen LogP contribution in [-0.4, -0.2) is 18.1 Å². The summed E-state index contributed by atoms with van der Waals surface area (Å²) in [6.07, 6.45) is 0. The van der Waals surface area contributed by atoms with Gasteiger partial charge in [-0.2, -0.15) is 4.98 Å². The van der Waals surface area contributed by atoms with Crippen LogP contribution in [0.2, 0.25) is 5.02 Å². The second-order valence-corrected chi connectivity index (χ2v) is 5.57. The predicted octanol–water partition coefficient (Wildman–Crippen LogP) is 4.19. The number of aryl methyl sites for hydroxylation is 1. The summed E-state index contributed by atoms with van der Waals surface area (Å²) in [6, 6.07) is 11.3. The first kappa shape index (κ1) is 15.4. The number of carbonyl (C=O) groups is 1. The fourth-order valence-corrected chi connectivity index (χ4v) is 2.55. The number of aromatic nitrogens is 1. The molecule has 5 nitrogen and oxygen atoms in total. The standard InChI is InChI=1S/C17H15ClN2O3/c1-10-6-12(16(21)22-2)8-14-15(10)23-17(20-14)19-9-11-4-3-5-13(18)7-11/h3-8H,9H2,1-2H3,(H,19,20). The van der Waals surface area contributed by atoms with Crippen LogP contribution in [0.5, 0.6) is 0 Å². The predicted molar refractivity (Wildman–Crippen MR) is 88.9 cm³/mol. The second kappa shape index (κ2) is 6.30. The largest absolute Gasteiger partial charge is 0.465 e. The molecule has 0 unspecified atom stereocenters. The monoisotopic (exact) mass is 330 g/mol. The molecule has 118 valence electrons. The van der Waals surface area contributed by atoms with Crippen molar-refractivity contribution in [3.63, 3.8) is 0 Å². The molecule has 3 aromatic rings. The van der Waals surface area contributed by atoms with E-state index in [0.717, 1.165) is 11.1 Å². The Morgan fingerprint density at radius 2 is 2.17 bits per heavy atom. The van der Waals surface area contributed by atoms with Crippen molar-refractivity contribution in [2.75, 3.05) is 12.4 Å². The van der Waals surface area contributed by atoms with E-state index in [1.54, 1.807) is 12.1 Å². The first-order valence-electron chi connectivity index (χ1n) is 7.04. The van der Waals surface area contributed by atoms with Crippen LogP contribution in [0, 0.1) is 6.92 Å². The number of oxazole rings is 1. The third-order valence-electron chi connectivity index (χ3n) is 3.43. The van der Waals surface area contributed by atoms with Crippen molar-refractivity contribution in [1.82, 2.24) is 4.98 Å². The Morgan fingerprint density at radius 1 is 1.35 bits per heavy atom. The zero-order valence-electron chi connectivity index (χ0n) is 12.7. The van der Waals surface area contributed by atoms with Gasteiger partial charge in [0.25, 0.3) is 6.01 Å². The van der Waals surface area contributed by atoms with E-state index >= 15 is 0 Å². The Kier molecular flexibility index (Phi) is 4.21. The summed E-state index contributed by atoms with van der Waals surface area (Å²) in [7, 11) is 1.35. The van der Waals surface area contributed by atoms with Crippen molar-refractivity contribution in [2.45, 2.75) is 13.5 Å². The van der Waals surface area contributed by atoms with E-state index in [9.17, 15) is 4.79 Å². The number of carbonyl (C=O) groups excluding carboxylic acids is 1. The van der Waals surface area contributed by atoms with E-state index in [0.29, 0.717) is 34.2 Å². The number of hydrogen-bond acceptors (Lipinski definition) is 5. The molecule has 2 aromatic carbocycles. The zero-order valence-corrected chi connectivity index (χ0v) is 13.5. The lowest BCUT2D eigenvalue weighted by Crippen LogP contribution is -2.01. The van der Waals surface area contributed by atoms with Gasteiger partial charge in [0, 0.05) is 11.6 Å². The molecule has 1 heterocycles. The fourth-order valence-electron chi connectivity index (χ4n) is 2.34. The number of hydrogen-bond donors (Lipinski definition) is 1. The summed E-state index contributed by atoms with van der Waals surface area (Å²) in [4.78, 5) is 16.0. The molecule has 0 aliphatic carbocycles. The van der Waals surface area contributed by atoms with E-state index in [1.165, 1.54) is 7.11 Å². The van der Waals surface area contributed by atoms with Crippen molar-refractivity contribution >= 4 is 34.7 Å². The van der Waals surface area contributed by atoms with Gasteiger partial charge in [0.2, 0.25) is 0 Å². The smallest absolute Gasteiger partial charge is 0.337 e. The number of halogens is 1. The quantitative estimate of drug-likeness (QED) is 0.727. The number of benzene rings is 2. The highest BCUT2D eigenvalue weighted by Crippen LogP contribution is 2.25. The Balaban J connectivity index is 1.85. The number of methoxy groups -OCH3 is 1. The van der Waals surface area contributed by atoms with Gasteiger partial charge in [0.05, 0.1) is 12.7 Å². The molecule has 0 aliphatic heterocycles. The van der Waals surface area contributed by atoms with E-state index in [4.69, 9.17) is 20.8 Å². The number of nitrogens with one attached hydrogen (secondary N) is 1. The fraction of sp³-hybridized carbons (Fsp3) is 0.176. The number of anilines is 1. The van der Waals surface area contributed by atoms with Crippen LogP contribution in [0.15, 0.2) is 40.8 Å². The van der Waals surface area contributed by atoms with Crippen LogP contribution in [-0.2, 0) is 11.3 Å². The van der Waals surface area contributed by atoms with Crippen molar-refractivity contribution in [2.24, 2.45) is 0 Å². The lowest BCUT2D eigenvalue weighted by molar-refractivity contribution is 0.0601. The molecule has 0 aliphatic rings. The Morgan fingerprint density at radius 3 is 2.91 bits per heavy atom. The highest BCUT2D eigenvalue weighted by molar-refractivity contribution is 6.30. The van der Waals surface area contributed by atoms with Crippen LogP contribution in [0.3, 0.4) is 0 Å². The number of ether oxygens (including phenoxy) is 1. The third kappa shape index (κ3) is 3.29. The first-order chi connectivity index (χ1) is 11.1. The van der Waals surface area contributed by atoms with Gasteiger partial charge in [-0.3, -0.25) is 0 Å². The lowest BCUT2D eigenvalue weighted by Gasteiger charge is -2.02. The van der Waals surface area contributed by atoms with Crippen LogP contribution in [0.1, 0.15) is 21.5 Å². The Hall–Kier alpha value is -2.53. The normalized spacial score (nSPS) is 10.7. The SMILES string of the molecule is COC(=O)c1cc(C)c2oc(NCc3cccc(Cl)c3)nc2c1. The maximum absolute atomic E-state index is 11.7. The highest BCUT2D eigenvalue weighted by atomic mass is 35.5. The van der Waals surface area contributed by atoms with E-state index in [1.807, 2.05) is 31.2 Å². The topological polar surface area (TPSA) is 64.4 Å². The molecule has 0 spiro atoms. The van der Waals surface area contributed by atoms with Gasteiger partial charge >= 0.3 is 5.97 Å². The molecule has 1 N–H and O–H groups in total. The van der Waals surface area contributed by atoms with Gasteiger partial charge in [-0.1, -0.05) is 23.7 Å². The van der Waals surface area contributed by atoms with Gasteiger partial charge in [0.1, 0.15) is 5.52 Å². The van der Waals surface area contributed by atoms with E-state index in [-0.39, 0.29) is 0 Å². The first-order valence-corrected chi connectivity index (χ1v) is 7.42. The van der Waals surface area contributed by atoms with Gasteiger partial charge in [-0.05, 0) is 42.3 Å². The number of esters is 1. The number of rotatable bonds is 4. The summed E-state index contributed by atoms with van der Waals surface area (Å²) in [6.45, 7) is 2.40. The molecule has 0 fully saturated rings. The third-order valence-corrected chi connectivity index (χ3v) is 3.66. The minimum Gasteiger partial charge on any atom is -0.465 e. The second-order valence-electron chi connectivity index (χ2n) is 5.14. The highest BCUT2D eigenvalue weighted by Gasteiger charge is 2.13. The average molecular weight is 331 g/mol. The molecular weight excluding hydrogens is 316 g/mol. The molecule has 0 bridgehead atoms. The van der Waals surface area contributed by atoms with Gasteiger partial charge in [0.15, 0.2) is 5.58 Å². The zero-order chi connectivity index (χ0) is 16.4. The molecule has 0 amide bonds. The summed E-state index contributed by atoms with van der Waals surface area (Å²) in [5.74, 6) is -0.397. The van der Waals surface area contributed by atoms with Crippen molar-refractivity contribution in [1.29, 1.82) is 0 Å². The minimum absolute atomic E-state index is 0.394. The summed E-state index contributed by atoms with van der Waals surface area (Å²) >= 11 is 5.96. The van der Waals surface area contributed by atoms with Crippen LogP contribution in [0.25, 0.3) is 11.1 Å². The minimum atomic E-state index is -0.397. The molecule has 0 atom stereocenters. The molecule has 3 rings (SSSR count). The summed E-state index contributed by atoms with van der Waals surface area (Å²) in [5.41, 5.74) is 3.55. The van der Waals surface area contributed by atoms with Crippen molar-refractivity contribution in [3.8, 4) is 0 Å². The molecule has 0 saturated carbocycles. The van der Waals surface area contributed by atoms with Gasteiger partial charge in [-0.25, -0.2) is 4.79 Å². The summed E-state index contributed by atoms with van der Waals surface area (Å²) in [5, 5.41) is 3.80. The Bertz CT molecular complexity index is 873. The van der Waals surface area contributed by atoms with Crippen LogP contribution < -0.4 is 5.32 Å². The number of fused-ring (bicyclic) bond motifs is 1. The van der Waals surface area contributed by atoms with Crippen LogP contribution >= 0.6 is 11.6 Å². The maximum atomic E-state index is 11.7. The molecule has 0 saturated heterocycles. The van der Waals surface area contributed by atoms with Gasteiger partial charge in [-0.15, -0.1) is 0 Å². The molecule has 6 heteroatoms. The van der Waals surface area contributed by atoms with Gasteiger partial charge < -0.3 is 14.5 Å². The molecule has 0 radical (unpaired) electrons. The molecular formula is C17H15ClN2O3.